The number of hydrogen-bond acceptors (Lipinski definition) is 8. The van der Waals surface area contributed by atoms with Crippen LogP contribution in [-0.2, 0) is 34.0 Å². The van der Waals surface area contributed by atoms with Crippen molar-refractivity contribution in [3.8, 4) is 0 Å². The Morgan fingerprint density at radius 2 is 1.55 bits per heavy atom. The number of ether oxygens (including phenoxy) is 3. The average Bonchev–Trinajstić information content (AvgIpc) is 2.98. The molecule has 0 amide bonds. The van der Waals surface area contributed by atoms with Crippen molar-refractivity contribution < 1.29 is 33.7 Å². The second-order valence-electron chi connectivity index (χ2n) is 10.9. The topological polar surface area (TPSA) is 111 Å². The minimum Gasteiger partial charge on any atom is -0.469 e. The van der Waals surface area contributed by atoms with Crippen molar-refractivity contribution in [2.24, 2.45) is 5.92 Å². The number of carbonyl (C=O) groups is 3. The quantitative estimate of drug-likeness (QED) is 0.401. The predicted molar refractivity (Wildman–Crippen MR) is 122 cm³/mol. The van der Waals surface area contributed by atoms with E-state index in [9.17, 15) is 19.5 Å². The molecule has 1 saturated carbocycles. The van der Waals surface area contributed by atoms with Gasteiger partial charge < -0.3 is 24.6 Å². The van der Waals surface area contributed by atoms with Crippen LogP contribution in [0.3, 0.4) is 0 Å². The van der Waals surface area contributed by atoms with Crippen LogP contribution in [-0.4, -0.2) is 53.0 Å². The first-order valence-electron chi connectivity index (χ1n) is 11.3. The Bertz CT molecular complexity index is 915. The zero-order chi connectivity index (χ0) is 24.8. The van der Waals surface area contributed by atoms with Crippen LogP contribution < -0.4 is 5.32 Å². The first kappa shape index (κ1) is 25.0. The van der Waals surface area contributed by atoms with Gasteiger partial charge in [-0.05, 0) is 66.9 Å². The average molecular weight is 462 g/mol. The molecule has 1 aliphatic carbocycles. The standard InChI is InChI=1S/C25H35NO7/c1-22(2,3)32-20(29)25(21(30)33-23(4,5)6)16-10-8-9-11-18(16)26-24(25)13-12-15(27)14-17(24)19(28)31-7/h8-11,15,17,26-27H,12-14H2,1-7H3/t15-,17-,24-/m1/s1. The number of anilines is 1. The van der Waals surface area contributed by atoms with E-state index in [4.69, 9.17) is 14.2 Å². The summed E-state index contributed by atoms with van der Waals surface area (Å²) in [6.45, 7) is 10.3. The zero-order valence-corrected chi connectivity index (χ0v) is 20.5. The van der Waals surface area contributed by atoms with Crippen molar-refractivity contribution in [1.29, 1.82) is 0 Å². The molecule has 0 radical (unpaired) electrons. The number of esters is 3. The van der Waals surface area contributed by atoms with Gasteiger partial charge in [0.05, 0.1) is 24.7 Å². The van der Waals surface area contributed by atoms with E-state index in [1.165, 1.54) is 7.11 Å². The zero-order valence-electron chi connectivity index (χ0n) is 20.5. The fourth-order valence-corrected chi connectivity index (χ4v) is 5.07. The first-order chi connectivity index (χ1) is 15.2. The van der Waals surface area contributed by atoms with Crippen molar-refractivity contribution in [1.82, 2.24) is 0 Å². The van der Waals surface area contributed by atoms with E-state index in [1.807, 2.05) is 0 Å². The SMILES string of the molecule is COC(=O)[C@H]1C[C@H](O)CC[C@@]12Nc1ccccc1C2(C(=O)OC(C)(C)C)C(=O)OC(C)(C)C. The van der Waals surface area contributed by atoms with Crippen LogP contribution in [0.2, 0.25) is 0 Å². The molecule has 182 valence electrons. The molecule has 1 aromatic carbocycles. The summed E-state index contributed by atoms with van der Waals surface area (Å²) < 4.78 is 16.8. The normalized spacial score (nSPS) is 26.2. The third kappa shape index (κ3) is 4.21. The summed E-state index contributed by atoms with van der Waals surface area (Å²) in [6.07, 6.45) is -0.315. The molecular formula is C25H35NO7. The van der Waals surface area contributed by atoms with E-state index in [0.717, 1.165) is 0 Å². The number of methoxy groups -OCH3 is 1. The number of aliphatic hydroxyl groups excluding tert-OH is 1. The highest BCUT2D eigenvalue weighted by atomic mass is 16.6. The number of aliphatic hydroxyl groups is 1. The lowest BCUT2D eigenvalue weighted by molar-refractivity contribution is -0.185. The second-order valence-corrected chi connectivity index (χ2v) is 10.9. The largest absolute Gasteiger partial charge is 0.469 e. The minimum absolute atomic E-state index is 0.0288. The van der Waals surface area contributed by atoms with E-state index >= 15 is 0 Å². The van der Waals surface area contributed by atoms with Gasteiger partial charge in [0.2, 0.25) is 5.41 Å². The first-order valence-corrected chi connectivity index (χ1v) is 11.3. The molecule has 1 fully saturated rings. The number of fused-ring (bicyclic) bond motifs is 1. The van der Waals surface area contributed by atoms with Gasteiger partial charge in [-0.25, -0.2) is 0 Å². The van der Waals surface area contributed by atoms with Crippen molar-refractivity contribution in [2.45, 2.75) is 89.1 Å². The number of nitrogens with one attached hydrogen (secondary N) is 1. The Kier molecular flexibility index (Phi) is 6.30. The fourth-order valence-electron chi connectivity index (χ4n) is 5.07. The molecule has 2 N–H and O–H groups in total. The molecule has 0 aromatic heterocycles. The van der Waals surface area contributed by atoms with Crippen molar-refractivity contribution >= 4 is 23.6 Å². The van der Waals surface area contributed by atoms with Crippen LogP contribution >= 0.6 is 0 Å². The summed E-state index contributed by atoms with van der Waals surface area (Å²) in [5.74, 6) is -3.22. The van der Waals surface area contributed by atoms with E-state index < -0.39 is 52.1 Å². The third-order valence-electron chi connectivity index (χ3n) is 6.23. The van der Waals surface area contributed by atoms with Gasteiger partial charge in [-0.2, -0.15) is 0 Å². The van der Waals surface area contributed by atoms with E-state index in [-0.39, 0.29) is 19.3 Å². The summed E-state index contributed by atoms with van der Waals surface area (Å²) in [4.78, 5) is 41.3. The molecule has 3 atom stereocenters. The lowest BCUT2D eigenvalue weighted by atomic mass is 9.56. The molecule has 0 saturated heterocycles. The van der Waals surface area contributed by atoms with E-state index in [1.54, 1.807) is 65.8 Å². The lowest BCUT2D eigenvalue weighted by Crippen LogP contribution is -2.69. The van der Waals surface area contributed by atoms with Gasteiger partial charge in [0.1, 0.15) is 11.2 Å². The highest BCUT2D eigenvalue weighted by Gasteiger charge is 2.74. The van der Waals surface area contributed by atoms with Crippen LogP contribution in [0.4, 0.5) is 5.69 Å². The Morgan fingerprint density at radius 3 is 2.06 bits per heavy atom. The van der Waals surface area contributed by atoms with Gasteiger partial charge >= 0.3 is 17.9 Å². The van der Waals surface area contributed by atoms with Crippen LogP contribution in [0.5, 0.6) is 0 Å². The summed E-state index contributed by atoms with van der Waals surface area (Å²) in [6, 6.07) is 6.95. The number of para-hydroxylation sites is 1. The smallest absolute Gasteiger partial charge is 0.331 e. The van der Waals surface area contributed by atoms with Crippen molar-refractivity contribution in [3.05, 3.63) is 29.8 Å². The second kappa shape index (κ2) is 8.31. The van der Waals surface area contributed by atoms with E-state index in [2.05, 4.69) is 5.32 Å². The fraction of sp³-hybridized carbons (Fsp3) is 0.640. The molecule has 1 aromatic rings. The number of hydrogen-bond donors (Lipinski definition) is 2. The molecule has 1 spiro atoms. The highest BCUT2D eigenvalue weighted by Crippen LogP contribution is 2.58. The molecule has 1 heterocycles. The van der Waals surface area contributed by atoms with Gasteiger partial charge in [-0.15, -0.1) is 0 Å². The molecular weight excluding hydrogens is 426 g/mol. The minimum atomic E-state index is -1.98. The Hall–Kier alpha value is -2.61. The van der Waals surface area contributed by atoms with Gasteiger partial charge in [0.25, 0.3) is 0 Å². The number of carbonyl (C=O) groups excluding carboxylic acids is 3. The third-order valence-corrected chi connectivity index (χ3v) is 6.23. The number of benzene rings is 1. The summed E-state index contributed by atoms with van der Waals surface area (Å²) in [5, 5.41) is 13.8. The molecule has 8 nitrogen and oxygen atoms in total. The van der Waals surface area contributed by atoms with E-state index in [0.29, 0.717) is 11.3 Å². The molecule has 3 rings (SSSR count). The molecule has 1 aliphatic heterocycles. The Labute approximate surface area is 195 Å². The number of rotatable bonds is 3. The predicted octanol–water partition coefficient (Wildman–Crippen LogP) is 3.11. The van der Waals surface area contributed by atoms with Crippen LogP contribution in [0.1, 0.15) is 66.4 Å². The van der Waals surface area contributed by atoms with Gasteiger partial charge in [0.15, 0.2) is 0 Å². The maximum absolute atomic E-state index is 14.1. The summed E-state index contributed by atoms with van der Waals surface area (Å²) >= 11 is 0. The molecule has 0 unspecified atom stereocenters. The lowest BCUT2D eigenvalue weighted by Gasteiger charge is -2.50. The highest BCUT2D eigenvalue weighted by molar-refractivity contribution is 6.13. The monoisotopic (exact) mass is 461 g/mol. The van der Waals surface area contributed by atoms with Crippen molar-refractivity contribution in [3.63, 3.8) is 0 Å². The van der Waals surface area contributed by atoms with Gasteiger partial charge in [0, 0.05) is 11.3 Å². The maximum Gasteiger partial charge on any atom is 0.331 e. The van der Waals surface area contributed by atoms with Crippen molar-refractivity contribution in [2.75, 3.05) is 12.4 Å². The molecule has 2 aliphatic rings. The Balaban J connectivity index is 2.36. The Morgan fingerprint density at radius 1 is 1.00 bits per heavy atom. The van der Waals surface area contributed by atoms with Crippen LogP contribution in [0.15, 0.2) is 24.3 Å². The van der Waals surface area contributed by atoms with Gasteiger partial charge in [-0.1, -0.05) is 18.2 Å². The van der Waals surface area contributed by atoms with Crippen LogP contribution in [0, 0.1) is 5.92 Å². The molecule has 8 heteroatoms. The van der Waals surface area contributed by atoms with Gasteiger partial charge in [-0.3, -0.25) is 14.4 Å². The summed E-state index contributed by atoms with van der Waals surface area (Å²) in [5.41, 5.74) is -4.30. The summed E-state index contributed by atoms with van der Waals surface area (Å²) in [7, 11) is 1.25. The van der Waals surface area contributed by atoms with Crippen LogP contribution in [0.25, 0.3) is 0 Å². The maximum atomic E-state index is 14.1. The molecule has 33 heavy (non-hydrogen) atoms. The molecule has 0 bridgehead atoms.